The number of nitriles is 1. The van der Waals surface area contributed by atoms with Crippen molar-refractivity contribution in [3.05, 3.63) is 41.3 Å². The summed E-state index contributed by atoms with van der Waals surface area (Å²) >= 11 is 0. The van der Waals surface area contributed by atoms with E-state index in [1.165, 1.54) is 5.56 Å². The minimum Gasteiger partial charge on any atom is -0.344 e. The van der Waals surface area contributed by atoms with Gasteiger partial charge in [-0.2, -0.15) is 5.26 Å². The van der Waals surface area contributed by atoms with Gasteiger partial charge in [0.2, 0.25) is 0 Å². The van der Waals surface area contributed by atoms with Crippen LogP contribution in [0.2, 0.25) is 0 Å². The zero-order chi connectivity index (χ0) is 12.8. The number of imidazole rings is 1. The van der Waals surface area contributed by atoms with Crippen LogP contribution in [0.5, 0.6) is 0 Å². The van der Waals surface area contributed by atoms with Crippen molar-refractivity contribution >= 4 is 0 Å². The highest BCUT2D eigenvalue weighted by Gasteiger charge is 2.48. The summed E-state index contributed by atoms with van der Waals surface area (Å²) in [5.41, 5.74) is 4.00. The standard InChI is InChI=1S/C15H15N3/c1-10-4-3-5-12(8-10)13-11(2)17-14(18-13)15(9-16)6-7-15/h3-5,8H,6-7H2,1-2H3,(H,17,18). The second-order valence-corrected chi connectivity index (χ2v) is 5.12. The molecular weight excluding hydrogens is 222 g/mol. The number of nitrogens with one attached hydrogen (secondary N) is 1. The van der Waals surface area contributed by atoms with E-state index in [4.69, 9.17) is 0 Å². The fourth-order valence-electron chi connectivity index (χ4n) is 2.29. The van der Waals surface area contributed by atoms with E-state index in [9.17, 15) is 5.26 Å². The Bertz CT molecular complexity index is 642. The van der Waals surface area contributed by atoms with Gasteiger partial charge in [-0.3, -0.25) is 0 Å². The lowest BCUT2D eigenvalue weighted by Crippen LogP contribution is -2.04. The fourth-order valence-corrected chi connectivity index (χ4v) is 2.29. The number of hydrogen-bond donors (Lipinski definition) is 1. The minimum atomic E-state index is -0.340. The van der Waals surface area contributed by atoms with E-state index in [-0.39, 0.29) is 5.41 Å². The molecule has 0 amide bonds. The van der Waals surface area contributed by atoms with Crippen molar-refractivity contribution in [3.63, 3.8) is 0 Å². The molecule has 18 heavy (non-hydrogen) atoms. The summed E-state index contributed by atoms with van der Waals surface area (Å²) in [5, 5.41) is 9.21. The lowest BCUT2D eigenvalue weighted by atomic mass is 10.1. The maximum atomic E-state index is 9.21. The number of hydrogen-bond acceptors (Lipinski definition) is 2. The van der Waals surface area contributed by atoms with E-state index in [0.717, 1.165) is 35.6 Å². The van der Waals surface area contributed by atoms with E-state index >= 15 is 0 Å². The van der Waals surface area contributed by atoms with Crippen LogP contribution >= 0.6 is 0 Å². The number of rotatable bonds is 2. The van der Waals surface area contributed by atoms with Gasteiger partial charge in [-0.25, -0.2) is 4.98 Å². The summed E-state index contributed by atoms with van der Waals surface area (Å²) in [5.74, 6) is 0.832. The first kappa shape index (κ1) is 11.0. The Morgan fingerprint density at radius 3 is 2.72 bits per heavy atom. The second kappa shape index (κ2) is 3.71. The Morgan fingerprint density at radius 1 is 1.33 bits per heavy atom. The van der Waals surface area contributed by atoms with Gasteiger partial charge in [-0.15, -0.1) is 0 Å². The van der Waals surface area contributed by atoms with Gasteiger partial charge < -0.3 is 4.98 Å². The van der Waals surface area contributed by atoms with Crippen molar-refractivity contribution in [2.24, 2.45) is 0 Å². The Balaban J connectivity index is 2.07. The van der Waals surface area contributed by atoms with E-state index in [2.05, 4.69) is 41.2 Å². The molecule has 3 rings (SSSR count). The summed E-state index contributed by atoms with van der Waals surface area (Å²) in [6.45, 7) is 4.09. The number of nitrogens with zero attached hydrogens (tertiary/aromatic N) is 2. The van der Waals surface area contributed by atoms with E-state index in [1.807, 2.05) is 13.0 Å². The van der Waals surface area contributed by atoms with Gasteiger partial charge >= 0.3 is 0 Å². The Kier molecular flexibility index (Phi) is 2.27. The molecule has 3 nitrogen and oxygen atoms in total. The summed E-state index contributed by atoms with van der Waals surface area (Å²) in [7, 11) is 0. The highest BCUT2D eigenvalue weighted by molar-refractivity contribution is 5.63. The predicted octanol–water partition coefficient (Wildman–Crippen LogP) is 3.25. The van der Waals surface area contributed by atoms with Crippen LogP contribution in [-0.4, -0.2) is 9.97 Å². The average molecular weight is 237 g/mol. The Morgan fingerprint density at radius 2 is 2.11 bits per heavy atom. The molecule has 0 saturated heterocycles. The van der Waals surface area contributed by atoms with Crippen LogP contribution in [0.3, 0.4) is 0 Å². The summed E-state index contributed by atoms with van der Waals surface area (Å²) in [4.78, 5) is 7.93. The summed E-state index contributed by atoms with van der Waals surface area (Å²) in [6, 6.07) is 10.7. The molecule has 1 aliphatic rings. The van der Waals surface area contributed by atoms with Gasteiger partial charge in [0.1, 0.15) is 11.2 Å². The van der Waals surface area contributed by atoms with Crippen molar-refractivity contribution in [3.8, 4) is 17.3 Å². The van der Waals surface area contributed by atoms with Crippen molar-refractivity contribution in [2.75, 3.05) is 0 Å². The zero-order valence-corrected chi connectivity index (χ0v) is 10.6. The SMILES string of the molecule is Cc1cccc(-c2nc(C3(C#N)CC3)[nH]c2C)c1. The predicted molar refractivity (Wildman–Crippen MR) is 70.0 cm³/mol. The summed E-state index contributed by atoms with van der Waals surface area (Å²) in [6.07, 6.45) is 1.84. The van der Waals surface area contributed by atoms with E-state index in [1.54, 1.807) is 0 Å². The third-order valence-electron chi connectivity index (χ3n) is 3.59. The molecule has 1 saturated carbocycles. The highest BCUT2D eigenvalue weighted by atomic mass is 15.0. The van der Waals surface area contributed by atoms with Crippen molar-refractivity contribution in [2.45, 2.75) is 32.1 Å². The molecule has 2 aromatic rings. The van der Waals surface area contributed by atoms with Crippen LogP contribution in [0.4, 0.5) is 0 Å². The van der Waals surface area contributed by atoms with Crippen LogP contribution in [0.1, 0.15) is 29.9 Å². The van der Waals surface area contributed by atoms with Gasteiger partial charge in [0.05, 0.1) is 11.8 Å². The molecule has 90 valence electrons. The molecule has 0 unspecified atom stereocenters. The number of aromatic nitrogens is 2. The quantitative estimate of drug-likeness (QED) is 0.871. The highest BCUT2D eigenvalue weighted by Crippen LogP contribution is 2.46. The maximum absolute atomic E-state index is 9.21. The molecule has 1 aromatic carbocycles. The fraction of sp³-hybridized carbons (Fsp3) is 0.333. The first-order valence-corrected chi connectivity index (χ1v) is 6.20. The molecule has 1 heterocycles. The summed E-state index contributed by atoms with van der Waals surface area (Å²) < 4.78 is 0. The molecule has 0 radical (unpaired) electrons. The average Bonchev–Trinajstić information content (AvgIpc) is 3.07. The number of aromatic amines is 1. The molecule has 1 fully saturated rings. The molecule has 1 N–H and O–H groups in total. The lowest BCUT2D eigenvalue weighted by Gasteiger charge is -2.00. The lowest BCUT2D eigenvalue weighted by molar-refractivity contribution is 0.818. The van der Waals surface area contributed by atoms with Crippen LogP contribution < -0.4 is 0 Å². The third kappa shape index (κ3) is 1.62. The molecule has 1 aromatic heterocycles. The maximum Gasteiger partial charge on any atom is 0.127 e. The monoisotopic (exact) mass is 237 g/mol. The number of aryl methyl sites for hydroxylation is 2. The minimum absolute atomic E-state index is 0.340. The first-order chi connectivity index (χ1) is 8.64. The topological polar surface area (TPSA) is 52.5 Å². The van der Waals surface area contributed by atoms with E-state index < -0.39 is 0 Å². The van der Waals surface area contributed by atoms with Gasteiger partial charge in [0, 0.05) is 11.3 Å². The Hall–Kier alpha value is -2.08. The van der Waals surface area contributed by atoms with E-state index in [0.29, 0.717) is 0 Å². The Labute approximate surface area is 106 Å². The molecule has 1 aliphatic carbocycles. The van der Waals surface area contributed by atoms with Crippen LogP contribution in [0, 0.1) is 25.2 Å². The van der Waals surface area contributed by atoms with Crippen LogP contribution in [-0.2, 0) is 5.41 Å². The largest absolute Gasteiger partial charge is 0.344 e. The molecule has 0 bridgehead atoms. The molecular formula is C15H15N3. The molecule has 3 heteroatoms. The normalized spacial score (nSPS) is 16.3. The first-order valence-electron chi connectivity index (χ1n) is 6.20. The second-order valence-electron chi connectivity index (χ2n) is 5.12. The van der Waals surface area contributed by atoms with Crippen molar-refractivity contribution in [1.29, 1.82) is 5.26 Å². The molecule has 0 aliphatic heterocycles. The van der Waals surface area contributed by atoms with Gasteiger partial charge in [0.15, 0.2) is 0 Å². The van der Waals surface area contributed by atoms with Gasteiger partial charge in [-0.1, -0.05) is 23.8 Å². The van der Waals surface area contributed by atoms with Crippen molar-refractivity contribution < 1.29 is 0 Å². The van der Waals surface area contributed by atoms with Gasteiger partial charge in [-0.05, 0) is 32.8 Å². The molecule has 0 atom stereocenters. The third-order valence-corrected chi connectivity index (χ3v) is 3.59. The molecule has 0 spiro atoms. The number of H-pyrrole nitrogens is 1. The smallest absolute Gasteiger partial charge is 0.127 e. The van der Waals surface area contributed by atoms with Gasteiger partial charge in [0.25, 0.3) is 0 Å². The number of benzene rings is 1. The van der Waals surface area contributed by atoms with Crippen molar-refractivity contribution in [1.82, 2.24) is 9.97 Å². The van der Waals surface area contributed by atoms with Crippen LogP contribution in [0.15, 0.2) is 24.3 Å². The van der Waals surface area contributed by atoms with Crippen LogP contribution in [0.25, 0.3) is 11.3 Å². The zero-order valence-electron chi connectivity index (χ0n) is 10.6.